The number of hydrogen-bond acceptors (Lipinski definition) is 4. The monoisotopic (exact) mass is 372 g/mol. The Kier molecular flexibility index (Phi) is 5.08. The highest BCUT2D eigenvalue weighted by atomic mass is 16.2. The van der Waals surface area contributed by atoms with Crippen molar-refractivity contribution in [2.24, 2.45) is 0 Å². The maximum atomic E-state index is 9.25. The van der Waals surface area contributed by atoms with E-state index in [2.05, 4.69) is 70.4 Å². The van der Waals surface area contributed by atoms with Crippen molar-refractivity contribution in [1.82, 2.24) is 14.5 Å². The van der Waals surface area contributed by atoms with E-state index >= 15 is 0 Å². The third kappa shape index (κ3) is 3.62. The van der Waals surface area contributed by atoms with E-state index in [1.807, 2.05) is 24.3 Å². The number of aliphatic hydroxyl groups is 1. The van der Waals surface area contributed by atoms with Gasteiger partial charge in [-0.15, -0.1) is 0 Å². The summed E-state index contributed by atoms with van der Waals surface area (Å²) in [5.41, 5.74) is 5.49. The van der Waals surface area contributed by atoms with Crippen LogP contribution >= 0.6 is 0 Å². The van der Waals surface area contributed by atoms with Gasteiger partial charge in [0.2, 0.25) is 0 Å². The number of nitrogens with zero attached hydrogens (tertiary/aromatic N) is 3. The number of aryl methyl sites for hydroxylation is 1. The van der Waals surface area contributed by atoms with Gasteiger partial charge in [0.05, 0.1) is 5.52 Å². The second-order valence-corrected chi connectivity index (χ2v) is 7.05. The average molecular weight is 372 g/mol. The molecule has 0 saturated heterocycles. The van der Waals surface area contributed by atoms with E-state index in [1.54, 1.807) is 6.33 Å². The van der Waals surface area contributed by atoms with Crippen LogP contribution in [0.25, 0.3) is 16.6 Å². The van der Waals surface area contributed by atoms with Gasteiger partial charge in [-0.05, 0) is 55.2 Å². The topological polar surface area (TPSA) is 63.0 Å². The molecule has 2 aromatic carbocycles. The van der Waals surface area contributed by atoms with E-state index in [0.29, 0.717) is 6.42 Å². The lowest BCUT2D eigenvalue weighted by Gasteiger charge is -2.16. The van der Waals surface area contributed by atoms with Crippen LogP contribution in [0.2, 0.25) is 0 Å². The van der Waals surface area contributed by atoms with Crippen molar-refractivity contribution >= 4 is 16.7 Å². The Morgan fingerprint density at radius 1 is 1.07 bits per heavy atom. The summed E-state index contributed by atoms with van der Waals surface area (Å²) in [7, 11) is 0. The molecule has 1 unspecified atom stereocenters. The Labute approximate surface area is 164 Å². The summed E-state index contributed by atoms with van der Waals surface area (Å²) >= 11 is 0. The van der Waals surface area contributed by atoms with Gasteiger partial charge in [-0.2, -0.15) is 0 Å². The van der Waals surface area contributed by atoms with Crippen molar-refractivity contribution in [2.45, 2.75) is 26.3 Å². The molecule has 0 aliphatic rings. The molecule has 0 aliphatic carbocycles. The minimum atomic E-state index is 0.132. The largest absolute Gasteiger partial charge is 0.396 e. The molecule has 2 N–H and O–H groups in total. The number of benzene rings is 2. The van der Waals surface area contributed by atoms with Crippen molar-refractivity contribution in [3.8, 4) is 5.69 Å². The van der Waals surface area contributed by atoms with Gasteiger partial charge >= 0.3 is 0 Å². The van der Waals surface area contributed by atoms with Crippen LogP contribution in [0.3, 0.4) is 0 Å². The molecule has 0 radical (unpaired) electrons. The molecule has 4 aromatic rings. The molecule has 1 atom stereocenters. The Bertz CT molecular complexity index is 1090. The van der Waals surface area contributed by atoms with Gasteiger partial charge in [-0.1, -0.05) is 30.3 Å². The lowest BCUT2D eigenvalue weighted by molar-refractivity contribution is 0.299. The fourth-order valence-corrected chi connectivity index (χ4v) is 3.48. The third-order valence-corrected chi connectivity index (χ3v) is 5.09. The maximum Gasteiger partial charge on any atom is 0.137 e. The number of aliphatic hydroxyl groups excluding tert-OH is 1. The molecule has 0 bridgehead atoms. The molecular weight excluding hydrogens is 348 g/mol. The Morgan fingerprint density at radius 3 is 2.68 bits per heavy atom. The number of fused-ring (bicyclic) bond motifs is 1. The zero-order valence-electron chi connectivity index (χ0n) is 16.1. The molecule has 0 spiro atoms. The molecule has 0 aliphatic heterocycles. The van der Waals surface area contributed by atoms with Gasteiger partial charge in [0.25, 0.3) is 0 Å². The number of aromatic nitrogens is 3. The molecular formula is C23H24N4O. The molecule has 5 heteroatoms. The zero-order chi connectivity index (χ0) is 19.5. The van der Waals surface area contributed by atoms with Crippen molar-refractivity contribution in [1.29, 1.82) is 0 Å². The van der Waals surface area contributed by atoms with E-state index in [4.69, 9.17) is 0 Å². The number of hydrogen-bond donors (Lipinski definition) is 2. The number of rotatable bonds is 6. The highest BCUT2D eigenvalue weighted by molar-refractivity contribution is 5.90. The Balaban J connectivity index is 1.70. The fraction of sp³-hybridized carbons (Fsp3) is 0.217. The van der Waals surface area contributed by atoms with Crippen LogP contribution in [-0.4, -0.2) is 26.2 Å². The van der Waals surface area contributed by atoms with Crippen LogP contribution in [0.15, 0.2) is 67.3 Å². The first-order chi connectivity index (χ1) is 13.7. The normalized spacial score (nSPS) is 12.2. The van der Waals surface area contributed by atoms with Crippen LogP contribution in [-0.2, 0) is 6.42 Å². The average Bonchev–Trinajstić information content (AvgIpc) is 3.09. The van der Waals surface area contributed by atoms with Gasteiger partial charge in [0, 0.05) is 36.1 Å². The minimum Gasteiger partial charge on any atom is -0.396 e. The quantitative estimate of drug-likeness (QED) is 0.525. The van der Waals surface area contributed by atoms with Crippen molar-refractivity contribution in [3.63, 3.8) is 0 Å². The first-order valence-electron chi connectivity index (χ1n) is 9.50. The summed E-state index contributed by atoms with van der Waals surface area (Å²) in [5.74, 6) is 0.822. The second-order valence-electron chi connectivity index (χ2n) is 7.05. The maximum absolute atomic E-state index is 9.25. The number of anilines is 1. The van der Waals surface area contributed by atoms with E-state index in [1.165, 1.54) is 11.1 Å². The van der Waals surface area contributed by atoms with E-state index in [-0.39, 0.29) is 12.6 Å². The predicted molar refractivity (Wildman–Crippen MR) is 113 cm³/mol. The summed E-state index contributed by atoms with van der Waals surface area (Å²) in [6.45, 7) is 4.35. The van der Waals surface area contributed by atoms with Gasteiger partial charge in [0.1, 0.15) is 12.1 Å². The third-order valence-electron chi connectivity index (χ3n) is 5.09. The Hall–Kier alpha value is -3.18. The van der Waals surface area contributed by atoms with Crippen molar-refractivity contribution < 1.29 is 5.11 Å². The van der Waals surface area contributed by atoms with Gasteiger partial charge in [0.15, 0.2) is 0 Å². The van der Waals surface area contributed by atoms with Crippen LogP contribution in [0, 0.1) is 6.92 Å². The van der Waals surface area contributed by atoms with Crippen LogP contribution in [0.4, 0.5) is 5.82 Å². The first kappa shape index (κ1) is 18.2. The predicted octanol–water partition coefficient (Wildman–Crippen LogP) is 4.44. The van der Waals surface area contributed by atoms with Crippen molar-refractivity contribution in [3.05, 3.63) is 83.9 Å². The van der Waals surface area contributed by atoms with E-state index < -0.39 is 0 Å². The zero-order valence-corrected chi connectivity index (χ0v) is 16.1. The van der Waals surface area contributed by atoms with Crippen LogP contribution in [0.5, 0.6) is 0 Å². The molecule has 0 fully saturated rings. The smallest absolute Gasteiger partial charge is 0.137 e. The molecule has 142 valence electrons. The van der Waals surface area contributed by atoms with Crippen LogP contribution in [0.1, 0.15) is 29.7 Å². The molecule has 0 saturated carbocycles. The SMILES string of the molecule is Cc1cn(-c2ccc3ncnc(NC(C)c4ccccc4)c3c2)cc1CCO. The number of nitrogens with one attached hydrogen (secondary N) is 1. The van der Waals surface area contributed by atoms with E-state index in [0.717, 1.165) is 28.0 Å². The summed E-state index contributed by atoms with van der Waals surface area (Å²) in [4.78, 5) is 8.91. The van der Waals surface area contributed by atoms with Gasteiger partial charge < -0.3 is 15.0 Å². The second kappa shape index (κ2) is 7.82. The highest BCUT2D eigenvalue weighted by Gasteiger charge is 2.11. The highest BCUT2D eigenvalue weighted by Crippen LogP contribution is 2.27. The summed E-state index contributed by atoms with van der Waals surface area (Å²) in [5, 5.41) is 13.8. The summed E-state index contributed by atoms with van der Waals surface area (Å²) in [6, 6.07) is 16.6. The van der Waals surface area contributed by atoms with E-state index in [9.17, 15) is 5.11 Å². The molecule has 28 heavy (non-hydrogen) atoms. The molecule has 0 amide bonds. The molecule has 5 nitrogen and oxygen atoms in total. The molecule has 2 aromatic heterocycles. The Morgan fingerprint density at radius 2 is 1.89 bits per heavy atom. The summed E-state index contributed by atoms with van der Waals surface area (Å²) < 4.78 is 2.09. The lowest BCUT2D eigenvalue weighted by atomic mass is 10.1. The molecule has 2 heterocycles. The summed E-state index contributed by atoms with van der Waals surface area (Å²) in [6.07, 6.45) is 6.43. The first-order valence-corrected chi connectivity index (χ1v) is 9.50. The van der Waals surface area contributed by atoms with Gasteiger partial charge in [-0.3, -0.25) is 0 Å². The molecule has 4 rings (SSSR count). The lowest BCUT2D eigenvalue weighted by Crippen LogP contribution is -2.08. The fourth-order valence-electron chi connectivity index (χ4n) is 3.48. The standard InChI is InChI=1S/C23H24N4O/c1-16-13-27(14-19(16)10-11-28)20-8-9-22-21(12-20)23(25-15-24-22)26-17(2)18-6-4-3-5-7-18/h3-9,12-15,17,28H,10-11H2,1-2H3,(H,24,25,26). The minimum absolute atomic E-state index is 0.132. The van der Waals surface area contributed by atoms with Gasteiger partial charge in [-0.25, -0.2) is 9.97 Å². The van der Waals surface area contributed by atoms with Crippen molar-refractivity contribution in [2.75, 3.05) is 11.9 Å². The van der Waals surface area contributed by atoms with Crippen LogP contribution < -0.4 is 5.32 Å².